The Bertz CT molecular complexity index is 719. The minimum Gasteiger partial charge on any atom is -0.442 e. The Balaban J connectivity index is 1.71. The van der Waals surface area contributed by atoms with Crippen molar-refractivity contribution in [1.29, 1.82) is 5.26 Å². The molecule has 6 heteroatoms. The molecule has 2 aliphatic rings. The first-order valence-corrected chi connectivity index (χ1v) is 8.26. The maximum Gasteiger partial charge on any atom is 0.414 e. The normalized spacial score (nSPS) is 21.1. The van der Waals surface area contributed by atoms with Gasteiger partial charge in [0.05, 0.1) is 24.6 Å². The summed E-state index contributed by atoms with van der Waals surface area (Å²) in [6.45, 7) is 4.48. The van der Waals surface area contributed by atoms with Gasteiger partial charge in [-0.3, -0.25) is 9.69 Å². The zero-order valence-corrected chi connectivity index (χ0v) is 14.0. The van der Waals surface area contributed by atoms with E-state index < -0.39 is 6.09 Å². The fourth-order valence-corrected chi connectivity index (χ4v) is 3.11. The van der Waals surface area contributed by atoms with Crippen molar-refractivity contribution in [1.82, 2.24) is 5.32 Å². The molecule has 0 bridgehead atoms. The van der Waals surface area contributed by atoms with E-state index in [1.54, 1.807) is 11.8 Å². The van der Waals surface area contributed by atoms with Crippen molar-refractivity contribution in [2.75, 3.05) is 18.0 Å². The molecule has 6 nitrogen and oxygen atoms in total. The number of carbonyl (C=O) groups is 2. The van der Waals surface area contributed by atoms with E-state index in [2.05, 4.69) is 11.4 Å². The topological polar surface area (TPSA) is 82.4 Å². The average molecular weight is 327 g/mol. The number of carbonyl (C=O) groups excluding carboxylic acids is 2. The van der Waals surface area contributed by atoms with Crippen LogP contribution >= 0.6 is 0 Å². The quantitative estimate of drug-likeness (QED) is 0.900. The lowest BCUT2D eigenvalue weighted by molar-refractivity contribution is -0.121. The monoisotopic (exact) mass is 327 g/mol. The second kappa shape index (κ2) is 6.16. The number of rotatable bonds is 5. The second-order valence-corrected chi connectivity index (χ2v) is 6.47. The number of nitriles is 1. The van der Waals surface area contributed by atoms with Crippen LogP contribution in [0.1, 0.15) is 37.3 Å². The summed E-state index contributed by atoms with van der Waals surface area (Å²) in [4.78, 5) is 25.0. The van der Waals surface area contributed by atoms with Gasteiger partial charge in [-0.2, -0.15) is 5.26 Å². The number of amides is 2. The van der Waals surface area contributed by atoms with Crippen LogP contribution in [0.5, 0.6) is 0 Å². The van der Waals surface area contributed by atoms with Gasteiger partial charge in [0, 0.05) is 12.1 Å². The number of ether oxygens (including phenoxy) is 1. The third kappa shape index (κ3) is 2.94. The van der Waals surface area contributed by atoms with Gasteiger partial charge in [-0.25, -0.2) is 4.79 Å². The molecule has 1 saturated heterocycles. The SMILES string of the molecule is CCC(=O)NC[C@H]1CN(c2ccc(C3(C#N)CC3)c(C)c2)C(=O)O1. The van der Waals surface area contributed by atoms with E-state index in [1.807, 2.05) is 25.1 Å². The smallest absolute Gasteiger partial charge is 0.414 e. The van der Waals surface area contributed by atoms with Crippen LogP contribution in [0, 0.1) is 18.3 Å². The highest BCUT2D eigenvalue weighted by Gasteiger charge is 2.46. The summed E-state index contributed by atoms with van der Waals surface area (Å²) in [5.41, 5.74) is 2.50. The van der Waals surface area contributed by atoms with Gasteiger partial charge in [0.15, 0.2) is 0 Å². The molecular formula is C18H21N3O3. The van der Waals surface area contributed by atoms with E-state index in [1.165, 1.54) is 0 Å². The van der Waals surface area contributed by atoms with Gasteiger partial charge >= 0.3 is 6.09 Å². The van der Waals surface area contributed by atoms with Crippen LogP contribution in [-0.4, -0.2) is 31.2 Å². The standard InChI is InChI=1S/C18H21N3O3/c1-3-16(22)20-9-14-10-21(17(23)24-14)13-4-5-15(12(2)8-13)18(11-19)6-7-18/h4-5,8,14H,3,6-7,9-10H2,1-2H3,(H,20,22)/t14-/m0/s1. The molecule has 1 atom stereocenters. The molecule has 2 fully saturated rings. The zero-order chi connectivity index (χ0) is 17.3. The van der Waals surface area contributed by atoms with Crippen molar-refractivity contribution >= 4 is 17.7 Å². The maximum atomic E-state index is 12.1. The minimum absolute atomic E-state index is 0.0593. The predicted octanol–water partition coefficient (Wildman–Crippen LogP) is 2.40. The summed E-state index contributed by atoms with van der Waals surface area (Å²) in [6.07, 6.45) is 1.45. The van der Waals surface area contributed by atoms with E-state index in [9.17, 15) is 14.9 Å². The summed E-state index contributed by atoms with van der Waals surface area (Å²) in [6, 6.07) is 8.15. The highest BCUT2D eigenvalue weighted by atomic mass is 16.6. The van der Waals surface area contributed by atoms with E-state index in [-0.39, 0.29) is 17.4 Å². The minimum atomic E-state index is -0.403. The van der Waals surface area contributed by atoms with Crippen molar-refractivity contribution in [3.05, 3.63) is 29.3 Å². The van der Waals surface area contributed by atoms with Crippen molar-refractivity contribution in [2.45, 2.75) is 44.6 Å². The van der Waals surface area contributed by atoms with Gasteiger partial charge in [-0.05, 0) is 43.0 Å². The molecule has 0 radical (unpaired) electrons. The molecule has 0 spiro atoms. The molecular weight excluding hydrogens is 306 g/mol. The Hall–Kier alpha value is -2.55. The van der Waals surface area contributed by atoms with Crippen LogP contribution < -0.4 is 10.2 Å². The van der Waals surface area contributed by atoms with Crippen LogP contribution in [0.15, 0.2) is 18.2 Å². The van der Waals surface area contributed by atoms with Gasteiger partial charge < -0.3 is 10.1 Å². The first-order valence-electron chi connectivity index (χ1n) is 8.26. The fraction of sp³-hybridized carbons (Fsp3) is 0.500. The lowest BCUT2D eigenvalue weighted by Gasteiger charge is -2.17. The molecule has 126 valence electrons. The molecule has 1 heterocycles. The Morgan fingerprint density at radius 1 is 1.50 bits per heavy atom. The molecule has 24 heavy (non-hydrogen) atoms. The van der Waals surface area contributed by atoms with Crippen LogP contribution in [0.3, 0.4) is 0 Å². The molecule has 0 aromatic heterocycles. The second-order valence-electron chi connectivity index (χ2n) is 6.47. The van der Waals surface area contributed by atoms with Gasteiger partial charge in [0.2, 0.25) is 5.91 Å². The summed E-state index contributed by atoms with van der Waals surface area (Å²) in [5.74, 6) is -0.0593. The molecule has 1 aliphatic heterocycles. The predicted molar refractivity (Wildman–Crippen MR) is 88.6 cm³/mol. The van der Waals surface area contributed by atoms with Crippen LogP contribution in [0.25, 0.3) is 0 Å². The van der Waals surface area contributed by atoms with Crippen molar-refractivity contribution < 1.29 is 14.3 Å². The average Bonchev–Trinajstić information content (AvgIpc) is 3.29. The molecule has 1 saturated carbocycles. The van der Waals surface area contributed by atoms with Gasteiger partial charge in [-0.15, -0.1) is 0 Å². The number of anilines is 1. The summed E-state index contributed by atoms with van der Waals surface area (Å²) < 4.78 is 5.31. The van der Waals surface area contributed by atoms with Crippen molar-refractivity contribution in [3.8, 4) is 6.07 Å². The highest BCUT2D eigenvalue weighted by Crippen LogP contribution is 2.49. The number of benzene rings is 1. The molecule has 1 N–H and O–H groups in total. The Morgan fingerprint density at radius 2 is 2.25 bits per heavy atom. The first-order chi connectivity index (χ1) is 11.5. The number of cyclic esters (lactones) is 1. The lowest BCUT2D eigenvalue weighted by atomic mass is 9.93. The summed E-state index contributed by atoms with van der Waals surface area (Å²) in [7, 11) is 0. The zero-order valence-electron chi connectivity index (χ0n) is 14.0. The summed E-state index contributed by atoms with van der Waals surface area (Å²) in [5, 5.41) is 12.1. The van der Waals surface area contributed by atoms with Crippen LogP contribution in [0.2, 0.25) is 0 Å². The Labute approximate surface area is 141 Å². The van der Waals surface area contributed by atoms with Crippen molar-refractivity contribution in [2.24, 2.45) is 0 Å². The number of hydrogen-bond acceptors (Lipinski definition) is 4. The van der Waals surface area contributed by atoms with E-state index >= 15 is 0 Å². The number of nitrogens with one attached hydrogen (secondary N) is 1. The molecule has 0 unspecified atom stereocenters. The van der Waals surface area contributed by atoms with E-state index in [0.29, 0.717) is 19.5 Å². The van der Waals surface area contributed by atoms with Gasteiger partial charge in [0.1, 0.15) is 6.10 Å². The molecule has 1 aromatic rings. The first kappa shape index (κ1) is 16.3. The van der Waals surface area contributed by atoms with Gasteiger partial charge in [-0.1, -0.05) is 13.0 Å². The van der Waals surface area contributed by atoms with E-state index in [4.69, 9.17) is 4.74 Å². The third-order valence-corrected chi connectivity index (χ3v) is 4.72. The Morgan fingerprint density at radius 3 is 2.83 bits per heavy atom. The largest absolute Gasteiger partial charge is 0.442 e. The number of nitrogens with zero attached hydrogens (tertiary/aromatic N) is 2. The molecule has 3 rings (SSSR count). The number of hydrogen-bond donors (Lipinski definition) is 1. The van der Waals surface area contributed by atoms with Crippen LogP contribution in [0.4, 0.5) is 10.5 Å². The molecule has 2 amide bonds. The molecule has 1 aliphatic carbocycles. The molecule has 1 aromatic carbocycles. The maximum absolute atomic E-state index is 12.1. The number of aryl methyl sites for hydroxylation is 1. The fourth-order valence-electron chi connectivity index (χ4n) is 3.11. The van der Waals surface area contributed by atoms with Crippen molar-refractivity contribution in [3.63, 3.8) is 0 Å². The highest BCUT2D eigenvalue weighted by molar-refractivity contribution is 5.90. The van der Waals surface area contributed by atoms with Crippen LogP contribution in [-0.2, 0) is 14.9 Å². The van der Waals surface area contributed by atoms with Gasteiger partial charge in [0.25, 0.3) is 0 Å². The summed E-state index contributed by atoms with van der Waals surface area (Å²) >= 11 is 0. The van der Waals surface area contributed by atoms with E-state index in [0.717, 1.165) is 29.7 Å². The Kier molecular flexibility index (Phi) is 4.18. The third-order valence-electron chi connectivity index (χ3n) is 4.72. The lowest BCUT2D eigenvalue weighted by Crippen LogP contribution is -2.34.